The van der Waals surface area contributed by atoms with Gasteiger partial charge >= 0.3 is 21.1 Å². The van der Waals surface area contributed by atoms with Gasteiger partial charge in [-0.05, 0) is 115 Å². The SMILES string of the molecule is CC(C)(C)c1ccnc(-n2c3[c-]c4oc5[c-]c(ccc5)c5nc(cn5-c5ccc(C(C)(C)C)cc5-c5ccccc5)c5ccccc5c5cccc(c5)n5c6ccccc6c6ccc(cc65)c5cccc6c7ccccc7n(c4cc3c3ccccc32)c56)c1.[Pt+2]. The third-order valence-electron chi connectivity index (χ3n) is 18.2. The Labute approximate surface area is 534 Å². The molecule has 0 radical (unpaired) electrons. The molecule has 0 spiro atoms. The van der Waals surface area contributed by atoms with E-state index in [1.807, 2.05) is 12.3 Å². The second-order valence-corrected chi connectivity index (χ2v) is 25.7. The quantitative estimate of drug-likeness (QED) is 0.166. The van der Waals surface area contributed by atoms with Gasteiger partial charge < -0.3 is 22.4 Å². The molecule has 90 heavy (non-hydrogen) atoms. The van der Waals surface area contributed by atoms with Gasteiger partial charge in [0, 0.05) is 83.7 Å². The largest absolute Gasteiger partial charge is 2.00 e. The zero-order chi connectivity index (χ0) is 59.9. The summed E-state index contributed by atoms with van der Waals surface area (Å²) >= 11 is 0. The molecule has 17 rings (SSSR count). The monoisotopic (exact) mass is 1340 g/mol. The molecular formula is C82H60N6OPt. The third kappa shape index (κ3) is 8.81. The first-order chi connectivity index (χ1) is 43.4. The van der Waals surface area contributed by atoms with Crippen LogP contribution in [0.1, 0.15) is 52.7 Å². The fourth-order valence-corrected chi connectivity index (χ4v) is 13.8. The van der Waals surface area contributed by atoms with Crippen molar-refractivity contribution >= 4 is 131 Å². The van der Waals surface area contributed by atoms with Crippen LogP contribution in [0, 0.1) is 12.1 Å². The average Bonchev–Trinajstić information content (AvgIpc) is 1.57. The Morgan fingerprint density at radius 1 is 0.433 bits per heavy atom. The van der Waals surface area contributed by atoms with Crippen LogP contribution in [0.25, 0.3) is 154 Å². The molecule has 11 aromatic carbocycles. The summed E-state index contributed by atoms with van der Waals surface area (Å²) in [5.74, 6) is 0.809. The average molecular weight is 1340 g/mol. The van der Waals surface area contributed by atoms with Crippen LogP contribution in [-0.4, -0.2) is 27.9 Å². The van der Waals surface area contributed by atoms with Gasteiger partial charge in [0.15, 0.2) is 0 Å². The van der Waals surface area contributed by atoms with Crippen molar-refractivity contribution in [1.82, 2.24) is 27.9 Å². The molecule has 434 valence electrons. The van der Waals surface area contributed by atoms with Crippen LogP contribution in [0.15, 0.2) is 259 Å². The van der Waals surface area contributed by atoms with E-state index in [4.69, 9.17) is 14.4 Å². The summed E-state index contributed by atoms with van der Waals surface area (Å²) in [5.41, 5.74) is 16.1. The Hall–Kier alpha value is -10.3. The Kier molecular flexibility index (Phi) is 12.8. The molecule has 17 aromatic rings. The van der Waals surface area contributed by atoms with Gasteiger partial charge in [0.2, 0.25) is 0 Å². The van der Waals surface area contributed by atoms with E-state index < -0.39 is 0 Å². The maximum absolute atomic E-state index is 7.57. The molecule has 0 saturated carbocycles. The maximum Gasteiger partial charge on any atom is 2.00 e. The third-order valence-corrected chi connectivity index (χ3v) is 18.2. The van der Waals surface area contributed by atoms with Gasteiger partial charge in [0.1, 0.15) is 5.82 Å². The van der Waals surface area contributed by atoms with E-state index >= 15 is 0 Å². The molecule has 8 bridgehead atoms. The van der Waals surface area contributed by atoms with Crippen LogP contribution < -0.4 is 0 Å². The van der Waals surface area contributed by atoms with Gasteiger partial charge in [-0.3, -0.25) is 4.98 Å². The van der Waals surface area contributed by atoms with Gasteiger partial charge in [-0.15, -0.1) is 35.7 Å². The van der Waals surface area contributed by atoms with E-state index in [0.29, 0.717) is 11.2 Å². The van der Waals surface area contributed by atoms with Crippen LogP contribution in [0.3, 0.4) is 0 Å². The second-order valence-electron chi connectivity index (χ2n) is 25.7. The molecule has 0 aliphatic carbocycles. The van der Waals surface area contributed by atoms with Crippen molar-refractivity contribution < 1.29 is 25.5 Å². The molecule has 7 nitrogen and oxygen atoms in total. The Balaban J connectivity index is 0.00000649. The number of para-hydroxylation sites is 4. The topological polar surface area (TPSA) is 57.6 Å². The molecule has 0 aliphatic heterocycles. The first-order valence-corrected chi connectivity index (χ1v) is 30.6. The number of hydrogen-bond donors (Lipinski definition) is 0. The molecule has 0 amide bonds. The van der Waals surface area contributed by atoms with Crippen molar-refractivity contribution in [2.75, 3.05) is 0 Å². The predicted octanol–water partition coefficient (Wildman–Crippen LogP) is 21.5. The summed E-state index contributed by atoms with van der Waals surface area (Å²) < 4.78 is 16.9. The van der Waals surface area contributed by atoms with Crippen LogP contribution in [0.2, 0.25) is 0 Å². The van der Waals surface area contributed by atoms with Crippen molar-refractivity contribution in [2.45, 2.75) is 52.4 Å². The van der Waals surface area contributed by atoms with Crippen LogP contribution in [-0.2, 0) is 31.9 Å². The Morgan fingerprint density at radius 3 is 1.83 bits per heavy atom. The number of nitrogens with zero attached hydrogens (tertiary/aromatic N) is 6. The summed E-state index contributed by atoms with van der Waals surface area (Å²) in [7, 11) is 0. The summed E-state index contributed by atoms with van der Waals surface area (Å²) in [5, 5.41) is 12.8. The smallest absolute Gasteiger partial charge is 0.501 e. The molecular weight excluding hydrogens is 1280 g/mol. The summed E-state index contributed by atoms with van der Waals surface area (Å²) in [4.78, 5) is 10.8. The van der Waals surface area contributed by atoms with Gasteiger partial charge in [0.25, 0.3) is 0 Å². The van der Waals surface area contributed by atoms with E-state index in [-0.39, 0.29) is 31.9 Å². The number of aromatic nitrogens is 6. The van der Waals surface area contributed by atoms with Crippen LogP contribution in [0.4, 0.5) is 0 Å². The molecule has 6 aromatic heterocycles. The maximum atomic E-state index is 7.57. The van der Waals surface area contributed by atoms with Crippen molar-refractivity contribution in [3.8, 4) is 22.6 Å². The zero-order valence-electron chi connectivity index (χ0n) is 50.7. The molecule has 0 atom stereocenters. The normalized spacial score (nSPS) is 12.2. The zero-order valence-corrected chi connectivity index (χ0v) is 52.9. The first-order valence-electron chi connectivity index (χ1n) is 30.6. The van der Waals surface area contributed by atoms with E-state index in [2.05, 4.69) is 314 Å². The Morgan fingerprint density at radius 2 is 1.06 bits per heavy atom. The molecule has 0 fully saturated rings. The van der Waals surface area contributed by atoms with Crippen LogP contribution in [0.5, 0.6) is 0 Å². The molecule has 0 N–H and O–H groups in total. The van der Waals surface area contributed by atoms with Crippen molar-refractivity contribution in [3.63, 3.8) is 0 Å². The van der Waals surface area contributed by atoms with E-state index in [1.54, 1.807) is 0 Å². The van der Waals surface area contributed by atoms with E-state index in [0.717, 1.165) is 132 Å². The standard InChI is InChI=1S/C82H60N6O.Pt/c1-81(2,3)55-38-40-70(67(46-55)51-21-8-7-9-22-51)85-50-69-61-28-11-10-27-59(61)52-23-18-25-57(43-52)86-71-34-15-12-29-62(71)65-39-37-53(45-74(65)86)60-32-20-33-66-63-30-13-17-36-73(63)88(79(60)66)76-48-68-64-31-14-16-35-72(64)87(78-47-56(41-42-83-78)82(4,5)6)75(68)49-77(76)89-58-26-19-24-54(44-58)80(85)84-69;/h7-43,45-48,50H,1-6H3;/q-2;+2. The fraction of sp³-hybridized carbons (Fsp3) is 0.0976. The molecule has 0 saturated heterocycles. The second kappa shape index (κ2) is 20.9. The van der Waals surface area contributed by atoms with Gasteiger partial charge in [0.05, 0.1) is 27.7 Å². The number of hydrogen-bond acceptors (Lipinski definition) is 3. The number of imidazole rings is 1. The summed E-state index contributed by atoms with van der Waals surface area (Å²) in [6.45, 7) is 13.6. The number of pyridine rings is 1. The first kappa shape index (κ1) is 55.0. The van der Waals surface area contributed by atoms with E-state index in [9.17, 15) is 0 Å². The molecule has 6 heterocycles. The molecule has 0 aliphatic rings. The van der Waals surface area contributed by atoms with Gasteiger partial charge in [-0.2, -0.15) is 0 Å². The number of fused-ring (bicyclic) bond motifs is 24. The van der Waals surface area contributed by atoms with Crippen LogP contribution >= 0.6 is 0 Å². The summed E-state index contributed by atoms with van der Waals surface area (Å²) in [6, 6.07) is 95.8. The van der Waals surface area contributed by atoms with Crippen molar-refractivity contribution in [2.24, 2.45) is 0 Å². The minimum atomic E-state index is -0.114. The molecule has 0 unspecified atom stereocenters. The van der Waals surface area contributed by atoms with Gasteiger partial charge in [-0.25, -0.2) is 4.98 Å². The van der Waals surface area contributed by atoms with Crippen molar-refractivity contribution in [3.05, 3.63) is 278 Å². The minimum absolute atomic E-state index is 0. The number of rotatable bonds is 3. The molecule has 8 heteroatoms. The fourth-order valence-electron chi connectivity index (χ4n) is 13.8. The predicted molar refractivity (Wildman–Crippen MR) is 372 cm³/mol. The summed E-state index contributed by atoms with van der Waals surface area (Å²) in [6.07, 6.45) is 4.13. The minimum Gasteiger partial charge on any atom is -0.501 e. The Bertz CT molecular complexity index is 6020. The van der Waals surface area contributed by atoms with Crippen molar-refractivity contribution in [1.29, 1.82) is 0 Å². The van der Waals surface area contributed by atoms with Gasteiger partial charge in [-0.1, -0.05) is 216 Å². The number of benzene rings is 11. The van der Waals surface area contributed by atoms with E-state index in [1.165, 1.54) is 21.9 Å².